The fourth-order valence-electron chi connectivity index (χ4n) is 4.35. The van der Waals surface area contributed by atoms with E-state index < -0.39 is 17.8 Å². The maximum absolute atomic E-state index is 13.5. The Morgan fingerprint density at radius 3 is 2.21 bits per heavy atom. The maximum atomic E-state index is 13.5. The first kappa shape index (κ1) is 31.4. The van der Waals surface area contributed by atoms with Gasteiger partial charge < -0.3 is 18.9 Å². The highest BCUT2D eigenvalue weighted by atomic mass is 35.5. The van der Waals surface area contributed by atoms with Crippen LogP contribution >= 0.6 is 11.6 Å². The lowest BCUT2D eigenvalue weighted by molar-refractivity contribution is -0.130. The van der Waals surface area contributed by atoms with Crippen molar-refractivity contribution in [2.45, 2.75) is 47.3 Å². The SMILES string of the molecule is CCCOc1ccc(CN2C(=O)NC(=O)/C(=C\c3cc(Cl)c(OCc4ccc(C)cc4)c(OCC)c3)C2=O)cc1OCC. The molecule has 1 aliphatic rings. The maximum Gasteiger partial charge on any atom is 0.331 e. The van der Waals surface area contributed by atoms with Crippen molar-refractivity contribution >= 4 is 35.5 Å². The molecule has 1 saturated heterocycles. The van der Waals surface area contributed by atoms with Gasteiger partial charge in [-0.25, -0.2) is 4.79 Å². The summed E-state index contributed by atoms with van der Waals surface area (Å²) in [6.07, 6.45) is 2.21. The van der Waals surface area contributed by atoms with E-state index in [0.29, 0.717) is 53.9 Å². The first-order valence-corrected chi connectivity index (χ1v) is 14.5. The smallest absolute Gasteiger partial charge is 0.331 e. The Labute approximate surface area is 256 Å². The fraction of sp³-hybridized carbons (Fsp3) is 0.303. The van der Waals surface area contributed by atoms with Gasteiger partial charge in [0.2, 0.25) is 0 Å². The highest BCUT2D eigenvalue weighted by Gasteiger charge is 2.36. The van der Waals surface area contributed by atoms with Crippen LogP contribution in [0.4, 0.5) is 4.79 Å². The zero-order chi connectivity index (χ0) is 30.9. The molecule has 9 nitrogen and oxygen atoms in total. The van der Waals surface area contributed by atoms with Crippen LogP contribution in [0.2, 0.25) is 5.02 Å². The topological polar surface area (TPSA) is 103 Å². The third kappa shape index (κ3) is 7.87. The van der Waals surface area contributed by atoms with Crippen LogP contribution in [0.3, 0.4) is 0 Å². The van der Waals surface area contributed by atoms with Gasteiger partial charge in [-0.2, -0.15) is 0 Å². The second kappa shape index (κ2) is 14.6. The predicted octanol–water partition coefficient (Wildman–Crippen LogP) is 6.48. The third-order valence-electron chi connectivity index (χ3n) is 6.44. The minimum Gasteiger partial charge on any atom is -0.490 e. The molecule has 226 valence electrons. The molecule has 0 atom stereocenters. The van der Waals surface area contributed by atoms with Gasteiger partial charge in [0, 0.05) is 0 Å². The summed E-state index contributed by atoms with van der Waals surface area (Å²) in [6.45, 7) is 9.16. The van der Waals surface area contributed by atoms with Gasteiger partial charge in [-0.15, -0.1) is 0 Å². The Morgan fingerprint density at radius 2 is 1.51 bits per heavy atom. The van der Waals surface area contributed by atoms with E-state index in [1.54, 1.807) is 30.3 Å². The zero-order valence-electron chi connectivity index (χ0n) is 24.7. The number of carbonyl (C=O) groups is 3. The minimum atomic E-state index is -0.815. The Hall–Kier alpha value is -4.50. The molecule has 0 saturated carbocycles. The number of hydrogen-bond donors (Lipinski definition) is 1. The Kier molecular flexibility index (Phi) is 10.7. The molecule has 4 rings (SSSR count). The Balaban J connectivity index is 1.58. The first-order valence-electron chi connectivity index (χ1n) is 14.2. The predicted molar refractivity (Wildman–Crippen MR) is 164 cm³/mol. The van der Waals surface area contributed by atoms with Crippen molar-refractivity contribution in [1.82, 2.24) is 10.2 Å². The number of barbiturate groups is 1. The van der Waals surface area contributed by atoms with Crippen LogP contribution in [-0.4, -0.2) is 42.6 Å². The quantitative estimate of drug-likeness (QED) is 0.175. The van der Waals surface area contributed by atoms with Crippen LogP contribution in [0, 0.1) is 6.92 Å². The van der Waals surface area contributed by atoms with E-state index in [0.717, 1.165) is 22.4 Å². The largest absolute Gasteiger partial charge is 0.490 e. The molecule has 0 bridgehead atoms. The number of aryl methyl sites for hydroxylation is 1. The monoisotopic (exact) mass is 606 g/mol. The van der Waals surface area contributed by atoms with Crippen molar-refractivity contribution in [2.75, 3.05) is 19.8 Å². The normalized spacial score (nSPS) is 14.1. The van der Waals surface area contributed by atoms with E-state index in [-0.39, 0.29) is 23.7 Å². The van der Waals surface area contributed by atoms with Crippen LogP contribution in [0.15, 0.2) is 60.2 Å². The number of nitrogens with one attached hydrogen (secondary N) is 1. The number of carbonyl (C=O) groups excluding carboxylic acids is 3. The molecule has 0 aliphatic carbocycles. The average molecular weight is 607 g/mol. The summed E-state index contributed by atoms with van der Waals surface area (Å²) >= 11 is 6.59. The van der Waals surface area contributed by atoms with Crippen LogP contribution in [-0.2, 0) is 22.7 Å². The van der Waals surface area contributed by atoms with Crippen molar-refractivity contribution in [2.24, 2.45) is 0 Å². The van der Waals surface area contributed by atoms with Gasteiger partial charge in [0.15, 0.2) is 23.0 Å². The van der Waals surface area contributed by atoms with Crippen molar-refractivity contribution in [1.29, 1.82) is 0 Å². The molecule has 0 unspecified atom stereocenters. The van der Waals surface area contributed by atoms with E-state index in [1.165, 1.54) is 6.08 Å². The van der Waals surface area contributed by atoms with Gasteiger partial charge in [0.05, 0.1) is 31.4 Å². The molecule has 3 aromatic rings. The number of hydrogen-bond acceptors (Lipinski definition) is 7. The molecule has 0 spiro atoms. The average Bonchev–Trinajstić information content (AvgIpc) is 2.98. The van der Waals surface area contributed by atoms with Gasteiger partial charge in [0.25, 0.3) is 11.8 Å². The highest BCUT2D eigenvalue weighted by Crippen LogP contribution is 2.38. The molecule has 10 heteroatoms. The number of urea groups is 1. The molecule has 1 N–H and O–H groups in total. The lowest BCUT2D eigenvalue weighted by atomic mass is 10.1. The number of imide groups is 2. The molecular weight excluding hydrogens is 572 g/mol. The summed E-state index contributed by atoms with van der Waals surface area (Å²) in [5, 5.41) is 2.50. The van der Waals surface area contributed by atoms with Crippen molar-refractivity contribution in [3.05, 3.63) is 87.4 Å². The number of halogens is 1. The summed E-state index contributed by atoms with van der Waals surface area (Å²) in [6, 6.07) is 15.5. The Bertz CT molecular complexity index is 1520. The summed E-state index contributed by atoms with van der Waals surface area (Å²) in [7, 11) is 0. The minimum absolute atomic E-state index is 0.0832. The summed E-state index contributed by atoms with van der Waals surface area (Å²) < 4.78 is 23.2. The fourth-order valence-corrected chi connectivity index (χ4v) is 4.62. The van der Waals surface area contributed by atoms with Crippen LogP contribution in [0.5, 0.6) is 23.0 Å². The molecule has 1 heterocycles. The van der Waals surface area contributed by atoms with E-state index >= 15 is 0 Å². The highest BCUT2D eigenvalue weighted by molar-refractivity contribution is 6.33. The van der Waals surface area contributed by atoms with E-state index in [4.69, 9.17) is 30.5 Å². The molecular formula is C33H35ClN2O7. The van der Waals surface area contributed by atoms with E-state index in [1.807, 2.05) is 52.0 Å². The van der Waals surface area contributed by atoms with Crippen molar-refractivity contribution in [3.8, 4) is 23.0 Å². The van der Waals surface area contributed by atoms with Crippen LogP contribution in [0.25, 0.3) is 6.08 Å². The lowest BCUT2D eigenvalue weighted by Crippen LogP contribution is -2.53. The van der Waals surface area contributed by atoms with Gasteiger partial charge in [-0.3, -0.25) is 19.8 Å². The van der Waals surface area contributed by atoms with E-state index in [2.05, 4.69) is 5.32 Å². The number of amides is 4. The molecule has 0 radical (unpaired) electrons. The summed E-state index contributed by atoms with van der Waals surface area (Å²) in [5.74, 6) is 0.238. The molecule has 0 aromatic heterocycles. The molecule has 43 heavy (non-hydrogen) atoms. The van der Waals surface area contributed by atoms with Gasteiger partial charge in [0.1, 0.15) is 12.2 Å². The lowest BCUT2D eigenvalue weighted by Gasteiger charge is -2.26. The van der Waals surface area contributed by atoms with Gasteiger partial charge in [-0.05, 0) is 74.2 Å². The number of rotatable bonds is 13. The Morgan fingerprint density at radius 1 is 0.814 bits per heavy atom. The summed E-state index contributed by atoms with van der Waals surface area (Å²) in [5.41, 5.74) is 2.93. The van der Waals surface area contributed by atoms with Crippen molar-refractivity contribution < 1.29 is 33.3 Å². The van der Waals surface area contributed by atoms with Crippen LogP contribution < -0.4 is 24.3 Å². The molecule has 4 amide bonds. The molecule has 3 aromatic carbocycles. The zero-order valence-corrected chi connectivity index (χ0v) is 25.5. The van der Waals surface area contributed by atoms with Crippen molar-refractivity contribution in [3.63, 3.8) is 0 Å². The second-order valence-corrected chi connectivity index (χ2v) is 10.2. The molecule has 1 fully saturated rings. The standard InChI is InChI=1S/C33H35ClN2O7/c1-5-14-42-27-13-12-23(17-28(27)40-6-2)19-36-32(38)25(31(37)35-33(36)39)15-24-16-26(34)30(29(18-24)41-7-3)43-20-22-10-8-21(4)9-11-22/h8-13,15-18H,5-7,14,19-20H2,1-4H3,(H,35,37,39)/b25-15+. The number of nitrogens with zero attached hydrogens (tertiary/aromatic N) is 1. The van der Waals surface area contributed by atoms with Crippen LogP contribution in [0.1, 0.15) is 49.4 Å². The first-order chi connectivity index (χ1) is 20.7. The summed E-state index contributed by atoms with van der Waals surface area (Å²) in [4.78, 5) is 39.9. The van der Waals surface area contributed by atoms with Gasteiger partial charge >= 0.3 is 6.03 Å². The second-order valence-electron chi connectivity index (χ2n) is 9.81. The van der Waals surface area contributed by atoms with E-state index in [9.17, 15) is 14.4 Å². The van der Waals surface area contributed by atoms with Gasteiger partial charge in [-0.1, -0.05) is 54.4 Å². The third-order valence-corrected chi connectivity index (χ3v) is 6.72. The number of ether oxygens (including phenoxy) is 4. The number of benzene rings is 3. The molecule has 1 aliphatic heterocycles.